The number of fused-ring (bicyclic) bond motifs is 1. The molecule has 0 spiro atoms. The molecule has 1 aromatic heterocycles. The third kappa shape index (κ3) is 6.87. The lowest BCUT2D eigenvalue weighted by Crippen LogP contribution is -2.28. The normalized spacial score (nSPS) is 11.5. The number of aryl methyl sites for hydroxylation is 1. The Balaban J connectivity index is 1.81. The second kappa shape index (κ2) is 12.9. The van der Waals surface area contributed by atoms with Crippen LogP contribution in [0.1, 0.15) is 57.3 Å². The zero-order valence-electron chi connectivity index (χ0n) is 20.6. The maximum atomic E-state index is 6.35. The van der Waals surface area contributed by atoms with Gasteiger partial charge in [-0.1, -0.05) is 44.4 Å². The fourth-order valence-electron chi connectivity index (χ4n) is 4.25. The van der Waals surface area contributed by atoms with Crippen molar-refractivity contribution < 1.29 is 9.47 Å². The molecule has 0 saturated carbocycles. The van der Waals surface area contributed by atoms with Gasteiger partial charge in [0.2, 0.25) is 0 Å². The van der Waals surface area contributed by atoms with Gasteiger partial charge in [0.15, 0.2) is 11.5 Å². The Morgan fingerprint density at radius 2 is 1.58 bits per heavy atom. The molecular weight excluding hydrogens is 434 g/mol. The van der Waals surface area contributed by atoms with Crippen LogP contribution in [0.25, 0.3) is 11.0 Å². The fourth-order valence-corrected chi connectivity index (χ4v) is 4.42. The van der Waals surface area contributed by atoms with E-state index in [0.29, 0.717) is 0 Å². The summed E-state index contributed by atoms with van der Waals surface area (Å²) in [4.78, 5) is 7.58. The van der Waals surface area contributed by atoms with E-state index in [0.717, 1.165) is 64.9 Å². The summed E-state index contributed by atoms with van der Waals surface area (Å²) in [6.45, 7) is 8.93. The van der Waals surface area contributed by atoms with Crippen molar-refractivity contribution >= 4 is 22.6 Å². The Morgan fingerprint density at radius 1 is 0.879 bits per heavy atom. The highest BCUT2D eigenvalue weighted by molar-refractivity contribution is 6.31. The monoisotopic (exact) mass is 471 g/mol. The van der Waals surface area contributed by atoms with Crippen molar-refractivity contribution in [1.82, 2.24) is 14.5 Å². The van der Waals surface area contributed by atoms with Crippen molar-refractivity contribution in [3.8, 4) is 11.5 Å². The van der Waals surface area contributed by atoms with Crippen LogP contribution in [0.3, 0.4) is 0 Å². The maximum Gasteiger partial charge on any atom is 0.161 e. The summed E-state index contributed by atoms with van der Waals surface area (Å²) in [6, 6.07) is 12.0. The molecule has 0 unspecified atom stereocenters. The lowest BCUT2D eigenvalue weighted by atomic mass is 10.1. The van der Waals surface area contributed by atoms with Gasteiger partial charge < -0.3 is 18.9 Å². The minimum atomic E-state index is 0.724. The van der Waals surface area contributed by atoms with Gasteiger partial charge in [0, 0.05) is 18.0 Å². The number of methoxy groups -OCH3 is 2. The minimum Gasteiger partial charge on any atom is -0.493 e. The Hall–Kier alpha value is -2.24. The molecule has 0 aliphatic rings. The topological polar surface area (TPSA) is 39.5 Å². The van der Waals surface area contributed by atoms with E-state index >= 15 is 0 Å². The van der Waals surface area contributed by atoms with E-state index in [1.54, 1.807) is 14.2 Å². The van der Waals surface area contributed by atoms with E-state index < -0.39 is 0 Å². The number of imidazole rings is 1. The van der Waals surface area contributed by atoms with Crippen molar-refractivity contribution in [1.29, 1.82) is 0 Å². The zero-order valence-corrected chi connectivity index (χ0v) is 21.3. The molecule has 0 saturated heterocycles. The predicted octanol–water partition coefficient (Wildman–Crippen LogP) is 6.59. The summed E-state index contributed by atoms with van der Waals surface area (Å²) in [5.74, 6) is 2.53. The molecule has 6 heteroatoms. The van der Waals surface area contributed by atoms with Crippen LogP contribution in [0.15, 0.2) is 36.4 Å². The molecule has 0 N–H and O–H groups in total. The average molecular weight is 472 g/mol. The van der Waals surface area contributed by atoms with E-state index in [1.165, 1.54) is 38.8 Å². The predicted molar refractivity (Wildman–Crippen MR) is 138 cm³/mol. The third-order valence-corrected chi connectivity index (χ3v) is 6.35. The number of hydrogen-bond donors (Lipinski definition) is 0. The largest absolute Gasteiger partial charge is 0.493 e. The van der Waals surface area contributed by atoms with Gasteiger partial charge in [-0.2, -0.15) is 0 Å². The second-order valence-electron chi connectivity index (χ2n) is 8.58. The Kier molecular flexibility index (Phi) is 9.89. The SMILES string of the molecule is CCCCN(CCCC)CCCn1c(Cc2ccc(OC)c(OC)c2)nc2ccc(Cl)cc21. The number of unbranched alkanes of at least 4 members (excludes halogenated alkanes) is 2. The molecule has 33 heavy (non-hydrogen) atoms. The van der Waals surface area contributed by atoms with Crippen LogP contribution in [-0.4, -0.2) is 48.3 Å². The van der Waals surface area contributed by atoms with Crippen LogP contribution in [-0.2, 0) is 13.0 Å². The number of halogens is 1. The first-order valence-electron chi connectivity index (χ1n) is 12.2. The van der Waals surface area contributed by atoms with Gasteiger partial charge >= 0.3 is 0 Å². The van der Waals surface area contributed by atoms with Gasteiger partial charge in [0.1, 0.15) is 5.82 Å². The highest BCUT2D eigenvalue weighted by Crippen LogP contribution is 2.29. The zero-order chi connectivity index (χ0) is 23.6. The maximum absolute atomic E-state index is 6.35. The highest BCUT2D eigenvalue weighted by atomic mass is 35.5. The summed E-state index contributed by atoms with van der Waals surface area (Å²) in [5.41, 5.74) is 3.23. The Labute approximate surface area is 203 Å². The molecule has 5 nitrogen and oxygen atoms in total. The molecule has 0 amide bonds. The van der Waals surface area contributed by atoms with Crippen molar-refractivity contribution in [2.24, 2.45) is 0 Å². The van der Waals surface area contributed by atoms with Crippen molar-refractivity contribution in [2.45, 2.75) is 58.9 Å². The van der Waals surface area contributed by atoms with Crippen LogP contribution < -0.4 is 9.47 Å². The van der Waals surface area contributed by atoms with E-state index in [-0.39, 0.29) is 0 Å². The van der Waals surface area contributed by atoms with Gasteiger partial charge in [-0.05, 0) is 74.8 Å². The third-order valence-electron chi connectivity index (χ3n) is 6.11. The summed E-state index contributed by atoms with van der Waals surface area (Å²) >= 11 is 6.35. The smallest absolute Gasteiger partial charge is 0.161 e. The number of hydrogen-bond acceptors (Lipinski definition) is 4. The van der Waals surface area contributed by atoms with Crippen LogP contribution >= 0.6 is 11.6 Å². The molecule has 180 valence electrons. The van der Waals surface area contributed by atoms with Gasteiger partial charge in [0.05, 0.1) is 25.3 Å². The number of ether oxygens (including phenoxy) is 2. The molecule has 3 rings (SSSR count). The lowest BCUT2D eigenvalue weighted by Gasteiger charge is -2.22. The van der Waals surface area contributed by atoms with Gasteiger partial charge in [-0.15, -0.1) is 0 Å². The van der Waals surface area contributed by atoms with Crippen LogP contribution in [0.5, 0.6) is 11.5 Å². The summed E-state index contributed by atoms with van der Waals surface area (Å²) in [5, 5.41) is 0.744. The highest BCUT2D eigenvalue weighted by Gasteiger charge is 2.14. The second-order valence-corrected chi connectivity index (χ2v) is 9.02. The minimum absolute atomic E-state index is 0.724. The lowest BCUT2D eigenvalue weighted by molar-refractivity contribution is 0.257. The molecular formula is C27H38ClN3O2. The van der Waals surface area contributed by atoms with Crippen LogP contribution in [0, 0.1) is 0 Å². The molecule has 3 aromatic rings. The molecule has 0 aliphatic heterocycles. The number of benzene rings is 2. The summed E-state index contributed by atoms with van der Waals surface area (Å²) < 4.78 is 13.2. The number of rotatable bonds is 14. The number of aromatic nitrogens is 2. The summed E-state index contributed by atoms with van der Waals surface area (Å²) in [7, 11) is 3.33. The van der Waals surface area contributed by atoms with Crippen molar-refractivity contribution in [3.63, 3.8) is 0 Å². The van der Waals surface area contributed by atoms with Gasteiger partial charge in [-0.25, -0.2) is 4.98 Å². The fraction of sp³-hybridized carbons (Fsp3) is 0.519. The molecule has 0 atom stereocenters. The molecule has 1 heterocycles. The van der Waals surface area contributed by atoms with Crippen molar-refractivity contribution in [3.05, 3.63) is 52.8 Å². The quantitative estimate of drug-likeness (QED) is 0.266. The van der Waals surface area contributed by atoms with E-state index in [1.807, 2.05) is 30.3 Å². The Bertz CT molecular complexity index is 1010. The average Bonchev–Trinajstić information content (AvgIpc) is 3.16. The molecule has 0 bridgehead atoms. The van der Waals surface area contributed by atoms with Gasteiger partial charge in [-0.3, -0.25) is 0 Å². The standard InChI is InChI=1S/C27H38ClN3O2/c1-5-7-14-30(15-8-6-2)16-9-17-31-24-20-22(28)11-12-23(24)29-27(31)19-21-10-13-25(32-3)26(18-21)33-4/h10-13,18,20H,5-9,14-17,19H2,1-4H3. The van der Waals surface area contributed by atoms with E-state index in [4.69, 9.17) is 26.1 Å². The molecule has 0 fully saturated rings. The van der Waals surface area contributed by atoms with E-state index in [9.17, 15) is 0 Å². The molecule has 0 aliphatic carbocycles. The van der Waals surface area contributed by atoms with Crippen molar-refractivity contribution in [2.75, 3.05) is 33.9 Å². The first kappa shape index (κ1) is 25.4. The van der Waals surface area contributed by atoms with Gasteiger partial charge in [0.25, 0.3) is 0 Å². The Morgan fingerprint density at radius 3 is 2.24 bits per heavy atom. The van der Waals surface area contributed by atoms with E-state index in [2.05, 4.69) is 29.4 Å². The van der Waals surface area contributed by atoms with Crippen LogP contribution in [0.4, 0.5) is 0 Å². The summed E-state index contributed by atoms with van der Waals surface area (Å²) in [6.07, 6.45) is 6.81. The first-order chi connectivity index (χ1) is 16.1. The molecule has 0 radical (unpaired) electrons. The molecule has 2 aromatic carbocycles. The van der Waals surface area contributed by atoms with Crippen LogP contribution in [0.2, 0.25) is 5.02 Å². The first-order valence-corrected chi connectivity index (χ1v) is 12.5. The number of nitrogens with zero attached hydrogens (tertiary/aromatic N) is 3.